The molecule has 2 aromatic heterocycles. The second kappa shape index (κ2) is 4.85. The lowest BCUT2D eigenvalue weighted by atomic mass is 10.2. The largest absolute Gasteiger partial charge is 0.461 e. The van der Waals surface area contributed by atoms with Gasteiger partial charge in [-0.3, -0.25) is 4.99 Å². The number of nitrogens with two attached hydrogens (primary N) is 1. The smallest absolute Gasteiger partial charge is 0.174 e. The van der Waals surface area contributed by atoms with Crippen molar-refractivity contribution < 1.29 is 4.42 Å². The molecule has 0 saturated carbocycles. The van der Waals surface area contributed by atoms with Crippen LogP contribution in [0.15, 0.2) is 46.0 Å². The molecule has 0 aliphatic heterocycles. The summed E-state index contributed by atoms with van der Waals surface area (Å²) in [5.41, 5.74) is 8.66. The normalized spacial score (nSPS) is 12.4. The highest BCUT2D eigenvalue weighted by atomic mass is 16.3. The molecule has 2 heterocycles. The molecule has 0 amide bonds. The quantitative estimate of drug-likeness (QED) is 0.566. The van der Waals surface area contributed by atoms with Crippen LogP contribution < -0.4 is 5.73 Å². The van der Waals surface area contributed by atoms with Crippen LogP contribution in [-0.2, 0) is 0 Å². The molecule has 5 nitrogen and oxygen atoms in total. The minimum atomic E-state index is 0.172. The molecule has 0 bridgehead atoms. The number of nitrogens with one attached hydrogen (secondary N) is 1. The molecule has 0 aliphatic rings. The molecule has 0 spiro atoms. The van der Waals surface area contributed by atoms with Gasteiger partial charge in [-0.1, -0.05) is 0 Å². The van der Waals surface area contributed by atoms with Crippen LogP contribution in [0.2, 0.25) is 0 Å². The Hall–Kier alpha value is -2.56. The molecule has 3 rings (SSSR count). The third kappa shape index (κ3) is 2.30. The van der Waals surface area contributed by atoms with Crippen LogP contribution in [0.4, 0.5) is 0 Å². The summed E-state index contributed by atoms with van der Waals surface area (Å²) in [7, 11) is 0. The number of aliphatic imine (C=N–C) groups is 1. The fourth-order valence-corrected chi connectivity index (χ4v) is 2.05. The van der Waals surface area contributed by atoms with Crippen LogP contribution >= 0.6 is 0 Å². The van der Waals surface area contributed by atoms with E-state index < -0.39 is 0 Å². The minimum absolute atomic E-state index is 0.172. The second-order valence-electron chi connectivity index (χ2n) is 4.90. The van der Waals surface area contributed by atoms with Gasteiger partial charge in [0.1, 0.15) is 5.84 Å². The van der Waals surface area contributed by atoms with E-state index in [9.17, 15) is 0 Å². The molecule has 5 heteroatoms. The molecule has 0 radical (unpaired) electrons. The molecule has 20 heavy (non-hydrogen) atoms. The van der Waals surface area contributed by atoms with Gasteiger partial charge in [-0.2, -0.15) is 0 Å². The predicted molar refractivity (Wildman–Crippen MR) is 79.7 cm³/mol. The molecule has 3 aromatic rings. The zero-order chi connectivity index (χ0) is 14.1. The highest BCUT2D eigenvalue weighted by Crippen LogP contribution is 2.21. The van der Waals surface area contributed by atoms with E-state index >= 15 is 0 Å². The number of furan rings is 1. The number of H-pyrrole nitrogens is 1. The number of amidine groups is 1. The van der Waals surface area contributed by atoms with E-state index in [2.05, 4.69) is 15.0 Å². The molecule has 1 aromatic carbocycles. The van der Waals surface area contributed by atoms with Crippen molar-refractivity contribution in [2.24, 2.45) is 10.7 Å². The van der Waals surface area contributed by atoms with Gasteiger partial charge in [0, 0.05) is 11.6 Å². The standard InChI is InChI=1S/C15H16N4O/c1-9(2)17-14(16)10-5-6-11-12(8-10)19-15(18-11)13-4-3-7-20-13/h3-9H,1-2H3,(H2,16,17)(H,18,19). The van der Waals surface area contributed by atoms with Gasteiger partial charge in [0.25, 0.3) is 0 Å². The number of benzene rings is 1. The fourth-order valence-electron chi connectivity index (χ4n) is 2.05. The van der Waals surface area contributed by atoms with Crippen molar-refractivity contribution in [2.45, 2.75) is 19.9 Å². The van der Waals surface area contributed by atoms with E-state index in [0.717, 1.165) is 16.6 Å². The maximum Gasteiger partial charge on any atom is 0.174 e. The summed E-state index contributed by atoms with van der Waals surface area (Å²) < 4.78 is 5.34. The summed E-state index contributed by atoms with van der Waals surface area (Å²) in [5, 5.41) is 0. The molecule has 0 atom stereocenters. The van der Waals surface area contributed by atoms with Crippen molar-refractivity contribution in [3.05, 3.63) is 42.2 Å². The highest BCUT2D eigenvalue weighted by molar-refractivity contribution is 6.00. The number of imidazole rings is 1. The number of hydrogen-bond acceptors (Lipinski definition) is 3. The van der Waals surface area contributed by atoms with Gasteiger partial charge in [0.05, 0.1) is 17.3 Å². The fraction of sp³-hybridized carbons (Fsp3) is 0.200. The van der Waals surface area contributed by atoms with Crippen LogP contribution in [0.1, 0.15) is 19.4 Å². The Morgan fingerprint density at radius 1 is 1.35 bits per heavy atom. The number of aromatic nitrogens is 2. The van der Waals surface area contributed by atoms with Crippen molar-refractivity contribution in [2.75, 3.05) is 0 Å². The Morgan fingerprint density at radius 2 is 2.20 bits per heavy atom. The summed E-state index contributed by atoms with van der Waals surface area (Å²) in [6.07, 6.45) is 1.63. The van der Waals surface area contributed by atoms with Crippen molar-refractivity contribution >= 4 is 16.9 Å². The van der Waals surface area contributed by atoms with Crippen molar-refractivity contribution in [3.63, 3.8) is 0 Å². The average Bonchev–Trinajstić information content (AvgIpc) is 3.05. The van der Waals surface area contributed by atoms with E-state index in [4.69, 9.17) is 10.2 Å². The molecule has 0 aliphatic carbocycles. The predicted octanol–water partition coefficient (Wildman–Crippen LogP) is 2.94. The Morgan fingerprint density at radius 3 is 2.90 bits per heavy atom. The topological polar surface area (TPSA) is 80.2 Å². The SMILES string of the molecule is CC(C)N=C(N)c1ccc2nc(-c3ccco3)[nH]c2c1. The van der Waals surface area contributed by atoms with Crippen LogP contribution in [0.3, 0.4) is 0 Å². The van der Waals surface area contributed by atoms with Gasteiger partial charge in [0.2, 0.25) is 0 Å². The number of aromatic amines is 1. The first kappa shape index (κ1) is 12.5. The monoisotopic (exact) mass is 268 g/mol. The average molecular weight is 268 g/mol. The van der Waals surface area contributed by atoms with Crippen LogP contribution in [0.5, 0.6) is 0 Å². The van der Waals surface area contributed by atoms with Crippen LogP contribution in [0, 0.1) is 0 Å². The first-order valence-corrected chi connectivity index (χ1v) is 6.51. The lowest BCUT2D eigenvalue weighted by molar-refractivity contribution is 0.578. The van der Waals surface area contributed by atoms with Crippen molar-refractivity contribution in [1.29, 1.82) is 0 Å². The number of fused-ring (bicyclic) bond motifs is 1. The number of nitrogens with zero attached hydrogens (tertiary/aromatic N) is 2. The summed E-state index contributed by atoms with van der Waals surface area (Å²) in [6, 6.07) is 9.68. The molecule has 0 fully saturated rings. The van der Waals surface area contributed by atoms with Crippen molar-refractivity contribution in [1.82, 2.24) is 9.97 Å². The Labute approximate surface area is 116 Å². The summed E-state index contributed by atoms with van der Waals surface area (Å²) in [6.45, 7) is 3.99. The molecular formula is C15H16N4O. The molecule has 0 saturated heterocycles. The molecular weight excluding hydrogens is 252 g/mol. The first-order chi connectivity index (χ1) is 9.63. The highest BCUT2D eigenvalue weighted by Gasteiger charge is 2.09. The van der Waals surface area contributed by atoms with E-state index in [-0.39, 0.29) is 6.04 Å². The number of hydrogen-bond donors (Lipinski definition) is 2. The maximum absolute atomic E-state index is 5.99. The second-order valence-corrected chi connectivity index (χ2v) is 4.90. The van der Waals surface area contributed by atoms with Gasteiger partial charge in [-0.25, -0.2) is 4.98 Å². The Balaban J connectivity index is 2.04. The van der Waals surface area contributed by atoms with Gasteiger partial charge in [-0.15, -0.1) is 0 Å². The maximum atomic E-state index is 5.99. The van der Waals surface area contributed by atoms with Gasteiger partial charge in [-0.05, 0) is 44.2 Å². The third-order valence-electron chi connectivity index (χ3n) is 2.93. The zero-order valence-corrected chi connectivity index (χ0v) is 11.4. The molecule has 3 N–H and O–H groups in total. The van der Waals surface area contributed by atoms with E-state index in [1.165, 1.54) is 0 Å². The summed E-state index contributed by atoms with van der Waals surface area (Å²) in [4.78, 5) is 12.1. The first-order valence-electron chi connectivity index (χ1n) is 6.51. The third-order valence-corrected chi connectivity index (χ3v) is 2.93. The van der Waals surface area contributed by atoms with Gasteiger partial charge < -0.3 is 15.1 Å². The Kier molecular flexibility index (Phi) is 3.02. The zero-order valence-electron chi connectivity index (χ0n) is 11.4. The lowest BCUT2D eigenvalue weighted by Crippen LogP contribution is -2.15. The van der Waals surface area contributed by atoms with Gasteiger partial charge >= 0.3 is 0 Å². The lowest BCUT2D eigenvalue weighted by Gasteiger charge is -2.03. The minimum Gasteiger partial charge on any atom is -0.461 e. The van der Waals surface area contributed by atoms with Gasteiger partial charge in [0.15, 0.2) is 11.6 Å². The summed E-state index contributed by atoms with van der Waals surface area (Å²) in [5.74, 6) is 1.96. The summed E-state index contributed by atoms with van der Waals surface area (Å²) >= 11 is 0. The van der Waals surface area contributed by atoms with E-state index in [1.54, 1.807) is 6.26 Å². The van der Waals surface area contributed by atoms with E-state index in [0.29, 0.717) is 17.4 Å². The Bertz CT molecular complexity index is 753. The molecule has 102 valence electrons. The van der Waals surface area contributed by atoms with E-state index in [1.807, 2.05) is 44.2 Å². The van der Waals surface area contributed by atoms with Crippen molar-refractivity contribution in [3.8, 4) is 11.6 Å². The van der Waals surface area contributed by atoms with Crippen LogP contribution in [-0.4, -0.2) is 21.8 Å². The molecule has 0 unspecified atom stereocenters. The number of rotatable bonds is 3. The van der Waals surface area contributed by atoms with Crippen LogP contribution in [0.25, 0.3) is 22.6 Å².